The van der Waals surface area contributed by atoms with Crippen molar-refractivity contribution in [3.8, 4) is 0 Å². The summed E-state index contributed by atoms with van der Waals surface area (Å²) in [5.41, 5.74) is 4.24. The first-order valence-corrected chi connectivity index (χ1v) is 32.5. The Morgan fingerprint density at radius 3 is 2.05 bits per heavy atom. The molecular formula is C47H84N7O22P3S. The van der Waals surface area contributed by atoms with Crippen LogP contribution in [0.3, 0.4) is 0 Å². The van der Waals surface area contributed by atoms with Gasteiger partial charge in [-0.3, -0.25) is 32.5 Å². The van der Waals surface area contributed by atoms with E-state index in [1.165, 1.54) is 65.2 Å². The number of nitrogens with one attached hydrogen (secondary N) is 2. The molecule has 0 spiro atoms. The number of nitrogens with zero attached hydrogens (tertiary/aromatic N) is 4. The molecular weight excluding hydrogens is 1140 g/mol. The molecule has 2 fully saturated rings. The number of aromatic nitrogens is 4. The molecule has 33 heteroatoms. The zero-order valence-corrected chi connectivity index (χ0v) is 49.1. The van der Waals surface area contributed by atoms with Crippen molar-refractivity contribution < 1.29 is 105 Å². The lowest BCUT2D eigenvalue weighted by Gasteiger charge is -2.35. The number of hydrogen-bond donors (Lipinski definition) is 12. The zero-order valence-electron chi connectivity index (χ0n) is 45.6. The van der Waals surface area contributed by atoms with E-state index < -0.39 is 109 Å². The number of rotatable bonds is 40. The standard InChI is InChI=1S/C47H84N7O22P3S/c1-31-33(56)26-34(57)46(73-31)70-23-18-16-14-12-10-8-6-4-5-7-9-11-13-15-17-19-32(55)25-37(59)80-24-22-49-36(58)20-21-50-44(62)41(61)47(2,3)28-72-79(68,69)76-78(66,67)71-27-35-40(75-77(63,64)65)39(60)45(74-35)54-30-53-38-42(48)51-29-52-43(38)54/h29-35,39-41,45-46,55-57,60-61H,4-28H2,1-3H3,(H,49,58)(H,50,62)(H,66,67)(H,68,69)(H2,48,51,52)(H2,63,64,65)/t31-,32+,33+,34+,35+,39+,40+,41-,45+,46+/m0/s1. The van der Waals surface area contributed by atoms with Crippen LogP contribution < -0.4 is 16.4 Å². The molecule has 2 aromatic heterocycles. The molecule has 12 atom stereocenters. The maximum absolute atomic E-state index is 12.8. The van der Waals surface area contributed by atoms with Crippen LogP contribution in [-0.4, -0.2) is 175 Å². The van der Waals surface area contributed by atoms with Crippen LogP contribution in [0, 0.1) is 5.41 Å². The highest BCUT2D eigenvalue weighted by Crippen LogP contribution is 2.61. The van der Waals surface area contributed by atoms with Gasteiger partial charge in [0.05, 0.1) is 37.9 Å². The Morgan fingerprint density at radius 1 is 0.825 bits per heavy atom. The Hall–Kier alpha value is -2.64. The number of aliphatic hydroxyl groups excluding tert-OH is 5. The third-order valence-electron chi connectivity index (χ3n) is 13.3. The van der Waals surface area contributed by atoms with Gasteiger partial charge in [0.15, 0.2) is 29.1 Å². The van der Waals surface area contributed by atoms with Crippen LogP contribution in [-0.2, 0) is 60.2 Å². The quantitative estimate of drug-likeness (QED) is 0.0335. The fraction of sp³-hybridized carbons (Fsp3) is 0.830. The van der Waals surface area contributed by atoms with Crippen molar-refractivity contribution in [3.05, 3.63) is 12.7 Å². The van der Waals surface area contributed by atoms with E-state index in [1.54, 1.807) is 6.92 Å². The Balaban J connectivity index is 0.977. The van der Waals surface area contributed by atoms with Gasteiger partial charge in [-0.25, -0.2) is 28.6 Å². The van der Waals surface area contributed by atoms with Crippen LogP contribution in [0.15, 0.2) is 12.7 Å². The van der Waals surface area contributed by atoms with Crippen molar-refractivity contribution in [1.29, 1.82) is 0 Å². The maximum atomic E-state index is 12.8. The van der Waals surface area contributed by atoms with Crippen LogP contribution in [0.1, 0.15) is 149 Å². The zero-order chi connectivity index (χ0) is 59.1. The lowest BCUT2D eigenvalue weighted by molar-refractivity contribution is -0.261. The second-order valence-corrected chi connectivity index (χ2v) is 26.1. The number of imidazole rings is 1. The van der Waals surface area contributed by atoms with E-state index in [1.807, 2.05) is 0 Å². The monoisotopic (exact) mass is 1220 g/mol. The normalized spacial score (nSPS) is 24.1. The van der Waals surface area contributed by atoms with E-state index in [4.69, 9.17) is 29.0 Å². The molecule has 0 aliphatic carbocycles. The summed E-state index contributed by atoms with van der Waals surface area (Å²) in [5, 5.41) is 56.5. The molecule has 0 saturated carbocycles. The fourth-order valence-corrected chi connectivity index (χ4v) is 12.3. The van der Waals surface area contributed by atoms with Crippen LogP contribution in [0.25, 0.3) is 11.2 Å². The minimum atomic E-state index is -5.60. The van der Waals surface area contributed by atoms with Crippen molar-refractivity contribution >= 4 is 69.1 Å². The van der Waals surface area contributed by atoms with Gasteiger partial charge in [0.25, 0.3) is 0 Å². The summed E-state index contributed by atoms with van der Waals surface area (Å²) in [5.74, 6) is -1.26. The second-order valence-electron chi connectivity index (χ2n) is 20.7. The van der Waals surface area contributed by atoms with E-state index in [0.717, 1.165) is 73.9 Å². The molecule has 460 valence electrons. The van der Waals surface area contributed by atoms with E-state index in [2.05, 4.69) is 34.4 Å². The number of aliphatic hydroxyl groups is 5. The van der Waals surface area contributed by atoms with E-state index in [0.29, 0.717) is 13.0 Å². The number of nitrogen functional groups attached to an aromatic ring is 1. The van der Waals surface area contributed by atoms with E-state index in [-0.39, 0.29) is 66.3 Å². The van der Waals surface area contributed by atoms with Gasteiger partial charge in [0.2, 0.25) is 11.8 Å². The number of hydrogen-bond acceptors (Lipinski definition) is 23. The van der Waals surface area contributed by atoms with Crippen LogP contribution in [0.4, 0.5) is 5.82 Å². The number of ether oxygens (including phenoxy) is 3. The predicted molar refractivity (Wildman–Crippen MR) is 289 cm³/mol. The number of phosphoric ester groups is 3. The van der Waals surface area contributed by atoms with E-state index in [9.17, 15) is 73.2 Å². The van der Waals surface area contributed by atoms with E-state index >= 15 is 0 Å². The number of phosphoric acid groups is 3. The second kappa shape index (κ2) is 34.3. The summed E-state index contributed by atoms with van der Waals surface area (Å²) >= 11 is 0.988. The number of carbonyl (C=O) groups excluding carboxylic acids is 3. The number of nitrogens with two attached hydrogens (primary N) is 1. The lowest BCUT2D eigenvalue weighted by Crippen LogP contribution is -2.47. The topological polar surface area (TPSA) is 443 Å². The number of amides is 2. The van der Waals surface area contributed by atoms with Gasteiger partial charge in [-0.1, -0.05) is 116 Å². The lowest BCUT2D eigenvalue weighted by atomic mass is 9.87. The van der Waals surface area contributed by atoms with Crippen molar-refractivity contribution in [2.24, 2.45) is 5.41 Å². The van der Waals surface area contributed by atoms with Crippen molar-refractivity contribution in [2.45, 2.75) is 204 Å². The first-order valence-electron chi connectivity index (χ1n) is 27.0. The third-order valence-corrected chi connectivity index (χ3v) is 17.3. The molecule has 2 amide bonds. The van der Waals surface area contributed by atoms with Crippen molar-refractivity contribution in [2.75, 3.05) is 44.4 Å². The molecule has 2 saturated heterocycles. The maximum Gasteiger partial charge on any atom is 0.481 e. The smallest absolute Gasteiger partial charge is 0.393 e. The minimum Gasteiger partial charge on any atom is -0.393 e. The highest BCUT2D eigenvalue weighted by atomic mass is 32.2. The molecule has 2 aliphatic heterocycles. The molecule has 29 nitrogen and oxygen atoms in total. The van der Waals surface area contributed by atoms with Gasteiger partial charge < -0.3 is 75.7 Å². The Morgan fingerprint density at radius 2 is 1.43 bits per heavy atom. The van der Waals surface area contributed by atoms with Gasteiger partial charge in [-0.05, 0) is 19.8 Å². The molecule has 13 N–H and O–H groups in total. The summed E-state index contributed by atoms with van der Waals surface area (Å²) in [6, 6.07) is 0. The molecule has 0 aromatic carbocycles. The first-order chi connectivity index (χ1) is 37.7. The number of carbonyl (C=O) groups is 3. The highest BCUT2D eigenvalue weighted by molar-refractivity contribution is 8.13. The molecule has 2 aromatic rings. The molecule has 4 heterocycles. The third kappa shape index (κ3) is 25.3. The summed E-state index contributed by atoms with van der Waals surface area (Å²) in [6.45, 7) is 2.68. The van der Waals surface area contributed by atoms with Crippen molar-refractivity contribution in [3.63, 3.8) is 0 Å². The predicted octanol–water partition coefficient (Wildman–Crippen LogP) is 3.53. The van der Waals surface area contributed by atoms with Gasteiger partial charge in [-0.2, -0.15) is 4.31 Å². The number of thioether (sulfide) groups is 1. The van der Waals surface area contributed by atoms with Gasteiger partial charge >= 0.3 is 23.5 Å². The molecule has 0 bridgehead atoms. The van der Waals surface area contributed by atoms with Gasteiger partial charge in [0.1, 0.15) is 42.4 Å². The summed E-state index contributed by atoms with van der Waals surface area (Å²) < 4.78 is 73.8. The van der Waals surface area contributed by atoms with Crippen LogP contribution in [0.5, 0.6) is 0 Å². The van der Waals surface area contributed by atoms with Crippen molar-refractivity contribution in [1.82, 2.24) is 30.2 Å². The largest absolute Gasteiger partial charge is 0.481 e. The number of fused-ring (bicyclic) bond motifs is 1. The Bertz CT molecular complexity index is 2360. The van der Waals surface area contributed by atoms with Crippen LogP contribution >= 0.6 is 35.2 Å². The SMILES string of the molecule is C[C@@H]1O[C@@H](OCCCCCCCCCCCCCCCCC[C@@H](O)CC(=O)SCCNC(=O)CCNC(=O)[C@H](O)C(C)(C)COP(=O)(O)OP(=O)(O)OC[C@H]2O[C@@H](n3cnc4c(N)ncnc43)[C@H](O)[C@@H]2OP(=O)(O)O)[C@H](O)C[C@H]1O. The average Bonchev–Trinajstić information content (AvgIpc) is 3.94. The van der Waals surface area contributed by atoms with Gasteiger partial charge in [0, 0.05) is 50.1 Å². The number of anilines is 1. The number of unbranched alkanes of at least 4 members (excludes halogenated alkanes) is 14. The molecule has 4 rings (SSSR count). The summed E-state index contributed by atoms with van der Waals surface area (Å²) in [6.07, 6.45) is 7.65. The van der Waals surface area contributed by atoms with Crippen LogP contribution in [0.2, 0.25) is 0 Å². The summed E-state index contributed by atoms with van der Waals surface area (Å²) in [7, 11) is -16.5. The summed E-state index contributed by atoms with van der Waals surface area (Å²) in [4.78, 5) is 88.7. The molecule has 0 radical (unpaired) electrons. The molecule has 2 unspecified atom stereocenters. The Labute approximate surface area is 469 Å². The molecule has 2 aliphatic rings. The highest BCUT2D eigenvalue weighted by Gasteiger charge is 2.50. The van der Waals surface area contributed by atoms with Gasteiger partial charge in [-0.15, -0.1) is 0 Å². The Kier molecular flexibility index (Phi) is 30.0. The first kappa shape index (κ1) is 69.9. The average molecular weight is 1220 g/mol. The minimum absolute atomic E-state index is 0.00389. The molecule has 80 heavy (non-hydrogen) atoms. The fourth-order valence-electron chi connectivity index (χ4n) is 8.72.